The zero-order chi connectivity index (χ0) is 19.6. The molecule has 28 heavy (non-hydrogen) atoms. The molecule has 152 valence electrons. The topological polar surface area (TPSA) is 80.3 Å². The predicted molar refractivity (Wildman–Crippen MR) is 103 cm³/mol. The molecule has 1 aliphatic carbocycles. The quantitative estimate of drug-likeness (QED) is 0.838. The number of piperazine rings is 1. The molecular formula is C20H27N3O5. The molecule has 0 unspecified atom stereocenters. The van der Waals surface area contributed by atoms with Crippen LogP contribution in [0.1, 0.15) is 39.0 Å². The average molecular weight is 389 g/mol. The van der Waals surface area contributed by atoms with Gasteiger partial charge in [-0.05, 0) is 31.9 Å². The minimum Gasteiger partial charge on any atom is -0.450 e. The monoisotopic (exact) mass is 389 g/mol. The summed E-state index contributed by atoms with van der Waals surface area (Å²) in [6.45, 7) is 4.01. The van der Waals surface area contributed by atoms with E-state index < -0.39 is 5.79 Å². The van der Waals surface area contributed by atoms with Gasteiger partial charge in [0.25, 0.3) is 5.79 Å². The number of hydrogen-bond donors (Lipinski definition) is 1. The number of benzene rings is 1. The molecule has 0 bridgehead atoms. The molecule has 8 nitrogen and oxygen atoms in total. The second-order valence-corrected chi connectivity index (χ2v) is 7.44. The lowest BCUT2D eigenvalue weighted by Gasteiger charge is -2.34. The first kappa shape index (κ1) is 18.7. The van der Waals surface area contributed by atoms with E-state index in [1.165, 1.54) is 6.42 Å². The van der Waals surface area contributed by atoms with E-state index in [4.69, 9.17) is 14.2 Å². The van der Waals surface area contributed by atoms with Crippen molar-refractivity contribution in [2.24, 2.45) is 0 Å². The van der Waals surface area contributed by atoms with Gasteiger partial charge in [-0.15, -0.1) is 0 Å². The van der Waals surface area contributed by atoms with Crippen molar-refractivity contribution in [3.8, 4) is 11.5 Å². The lowest BCUT2D eigenvalue weighted by Crippen LogP contribution is -2.51. The molecule has 8 heteroatoms. The fourth-order valence-electron chi connectivity index (χ4n) is 3.98. The van der Waals surface area contributed by atoms with Crippen LogP contribution in [0, 0.1) is 0 Å². The van der Waals surface area contributed by atoms with E-state index in [-0.39, 0.29) is 12.1 Å². The first-order valence-electron chi connectivity index (χ1n) is 10.1. The highest BCUT2D eigenvalue weighted by Gasteiger charge is 2.42. The third kappa shape index (κ3) is 3.81. The normalized spacial score (nSPS) is 20.2. The van der Waals surface area contributed by atoms with Crippen LogP contribution in [0.3, 0.4) is 0 Å². The van der Waals surface area contributed by atoms with Crippen LogP contribution in [0.4, 0.5) is 15.3 Å². The first-order valence-corrected chi connectivity index (χ1v) is 10.1. The van der Waals surface area contributed by atoms with Crippen molar-refractivity contribution in [1.29, 1.82) is 0 Å². The Kier molecular flexibility index (Phi) is 5.19. The van der Waals surface area contributed by atoms with E-state index in [1.807, 2.05) is 18.2 Å². The van der Waals surface area contributed by atoms with Crippen molar-refractivity contribution >= 4 is 17.8 Å². The molecular weight excluding hydrogens is 362 g/mol. The summed E-state index contributed by atoms with van der Waals surface area (Å²) in [6.07, 6.45) is 4.90. The van der Waals surface area contributed by atoms with E-state index in [1.54, 1.807) is 16.7 Å². The molecule has 1 aromatic carbocycles. The lowest BCUT2D eigenvalue weighted by molar-refractivity contribution is -0.105. The zero-order valence-corrected chi connectivity index (χ0v) is 16.2. The number of nitrogens with zero attached hydrogens (tertiary/aromatic N) is 2. The summed E-state index contributed by atoms with van der Waals surface area (Å²) in [4.78, 5) is 27.7. The number of ether oxygens (including phenoxy) is 3. The van der Waals surface area contributed by atoms with Crippen LogP contribution in [0.2, 0.25) is 0 Å². The van der Waals surface area contributed by atoms with Gasteiger partial charge in [-0.1, -0.05) is 6.42 Å². The van der Waals surface area contributed by atoms with Gasteiger partial charge >= 0.3 is 12.1 Å². The largest absolute Gasteiger partial charge is 0.450 e. The molecule has 4 rings (SSSR count). The van der Waals surface area contributed by atoms with Crippen molar-refractivity contribution in [2.75, 3.05) is 38.1 Å². The van der Waals surface area contributed by atoms with Gasteiger partial charge in [-0.3, -0.25) is 0 Å². The first-order chi connectivity index (χ1) is 13.6. The standard InChI is InChI=1S/C20H27N3O5/c1-2-26-19(25)23-12-10-22(11-13-23)18(24)21-15-6-7-16-17(14-15)28-20(27-16)8-4-3-5-9-20/h6-7,14H,2-5,8-13H2,1H3,(H,21,24). The van der Waals surface area contributed by atoms with Crippen LogP contribution in [-0.4, -0.2) is 60.5 Å². The van der Waals surface area contributed by atoms with E-state index in [2.05, 4.69) is 5.32 Å². The highest BCUT2D eigenvalue weighted by atomic mass is 16.7. The summed E-state index contributed by atoms with van der Waals surface area (Å²) < 4.78 is 17.2. The maximum absolute atomic E-state index is 12.6. The molecule has 1 spiro atoms. The van der Waals surface area contributed by atoms with Gasteiger partial charge < -0.3 is 29.3 Å². The number of urea groups is 1. The molecule has 1 saturated heterocycles. The van der Waals surface area contributed by atoms with Crippen LogP contribution < -0.4 is 14.8 Å². The molecule has 3 aliphatic rings. The van der Waals surface area contributed by atoms with Gasteiger partial charge in [0.1, 0.15) is 0 Å². The lowest BCUT2D eigenvalue weighted by atomic mass is 9.94. The van der Waals surface area contributed by atoms with E-state index in [0.29, 0.717) is 44.2 Å². The Morgan fingerprint density at radius 2 is 1.71 bits per heavy atom. The molecule has 0 aromatic heterocycles. The molecule has 2 fully saturated rings. The predicted octanol–water partition coefficient (Wildman–Crippen LogP) is 3.42. The zero-order valence-electron chi connectivity index (χ0n) is 16.2. The molecule has 1 saturated carbocycles. The summed E-state index contributed by atoms with van der Waals surface area (Å²) in [6, 6.07) is 5.32. The molecule has 1 aromatic rings. The fraction of sp³-hybridized carbons (Fsp3) is 0.600. The Hall–Kier alpha value is -2.64. The van der Waals surface area contributed by atoms with Gasteiger partial charge in [0.05, 0.1) is 6.61 Å². The van der Waals surface area contributed by atoms with Crippen LogP contribution in [-0.2, 0) is 4.74 Å². The number of rotatable bonds is 2. The summed E-state index contributed by atoms with van der Waals surface area (Å²) in [7, 11) is 0. The minimum absolute atomic E-state index is 0.185. The number of carbonyl (C=O) groups is 2. The van der Waals surface area contributed by atoms with Crippen molar-refractivity contribution in [1.82, 2.24) is 9.80 Å². The molecule has 2 heterocycles. The Labute approximate surface area is 164 Å². The summed E-state index contributed by atoms with van der Waals surface area (Å²) in [5.41, 5.74) is 0.674. The number of nitrogens with one attached hydrogen (secondary N) is 1. The SMILES string of the molecule is CCOC(=O)N1CCN(C(=O)Nc2ccc3c(c2)OC2(CCCCC2)O3)CC1. The molecule has 1 N–H and O–H groups in total. The Morgan fingerprint density at radius 3 is 2.43 bits per heavy atom. The fourth-order valence-corrected chi connectivity index (χ4v) is 3.98. The summed E-state index contributed by atoms with van der Waals surface area (Å²) >= 11 is 0. The van der Waals surface area contributed by atoms with Crippen molar-refractivity contribution < 1.29 is 23.8 Å². The maximum Gasteiger partial charge on any atom is 0.409 e. The van der Waals surface area contributed by atoms with Gasteiger partial charge in [0, 0.05) is 50.8 Å². The number of amides is 3. The summed E-state index contributed by atoms with van der Waals surface area (Å²) in [5, 5.41) is 2.92. The van der Waals surface area contributed by atoms with Crippen LogP contribution in [0.25, 0.3) is 0 Å². The minimum atomic E-state index is -0.521. The van der Waals surface area contributed by atoms with Crippen molar-refractivity contribution in [3.63, 3.8) is 0 Å². The molecule has 0 radical (unpaired) electrons. The number of fused-ring (bicyclic) bond motifs is 1. The van der Waals surface area contributed by atoms with E-state index in [0.717, 1.165) is 31.4 Å². The number of anilines is 1. The van der Waals surface area contributed by atoms with Gasteiger partial charge in [-0.25, -0.2) is 9.59 Å². The van der Waals surface area contributed by atoms with Crippen LogP contribution >= 0.6 is 0 Å². The maximum atomic E-state index is 12.6. The Morgan fingerprint density at radius 1 is 1.04 bits per heavy atom. The Balaban J connectivity index is 1.33. The molecule has 3 amide bonds. The van der Waals surface area contributed by atoms with E-state index >= 15 is 0 Å². The second kappa shape index (κ2) is 7.77. The average Bonchev–Trinajstić information content (AvgIpc) is 3.05. The molecule has 2 aliphatic heterocycles. The Bertz CT molecular complexity index is 739. The van der Waals surface area contributed by atoms with Crippen molar-refractivity contribution in [2.45, 2.75) is 44.8 Å². The highest BCUT2D eigenvalue weighted by molar-refractivity contribution is 5.90. The van der Waals surface area contributed by atoms with E-state index in [9.17, 15) is 9.59 Å². The third-order valence-corrected chi connectivity index (χ3v) is 5.50. The summed E-state index contributed by atoms with van der Waals surface area (Å²) in [5.74, 6) is 0.905. The van der Waals surface area contributed by atoms with Crippen LogP contribution in [0.5, 0.6) is 11.5 Å². The van der Waals surface area contributed by atoms with Gasteiger partial charge in [0.2, 0.25) is 0 Å². The number of carbonyl (C=O) groups excluding carboxylic acids is 2. The van der Waals surface area contributed by atoms with Crippen LogP contribution in [0.15, 0.2) is 18.2 Å². The second-order valence-electron chi connectivity index (χ2n) is 7.44. The number of hydrogen-bond acceptors (Lipinski definition) is 5. The smallest absolute Gasteiger partial charge is 0.409 e. The third-order valence-electron chi connectivity index (χ3n) is 5.50. The van der Waals surface area contributed by atoms with Crippen molar-refractivity contribution in [3.05, 3.63) is 18.2 Å². The van der Waals surface area contributed by atoms with Gasteiger partial charge in [0.15, 0.2) is 11.5 Å². The van der Waals surface area contributed by atoms with Gasteiger partial charge in [-0.2, -0.15) is 0 Å². The highest BCUT2D eigenvalue weighted by Crippen LogP contribution is 2.46. The molecule has 0 atom stereocenters.